The van der Waals surface area contributed by atoms with E-state index in [1.807, 2.05) is 18.5 Å². The summed E-state index contributed by atoms with van der Waals surface area (Å²) in [4.78, 5) is 23.8. The predicted molar refractivity (Wildman–Crippen MR) is 78.6 cm³/mol. The number of halogens is 1. The van der Waals surface area contributed by atoms with Crippen molar-refractivity contribution >= 4 is 27.7 Å². The first kappa shape index (κ1) is 16.6. The molecule has 0 aliphatic heterocycles. The van der Waals surface area contributed by atoms with Gasteiger partial charge in [0.2, 0.25) is 11.8 Å². The highest BCUT2D eigenvalue weighted by atomic mass is 79.9. The molecule has 0 aromatic carbocycles. The number of primary amides is 2. The minimum absolute atomic E-state index is 0.0221. The lowest BCUT2D eigenvalue weighted by Crippen LogP contribution is -2.39. The molecular weight excluding hydrogens is 326 g/mol. The molecular formula is C12H20BrN5O2. The first-order chi connectivity index (χ1) is 9.38. The van der Waals surface area contributed by atoms with E-state index in [1.54, 1.807) is 4.90 Å². The van der Waals surface area contributed by atoms with Crippen molar-refractivity contribution in [2.45, 2.75) is 33.4 Å². The Bertz CT molecular complexity index is 484. The van der Waals surface area contributed by atoms with Crippen molar-refractivity contribution < 1.29 is 9.59 Å². The number of amides is 2. The molecule has 1 aromatic rings. The maximum atomic E-state index is 11.1. The topological polar surface area (TPSA) is 107 Å². The molecule has 0 radical (unpaired) electrons. The van der Waals surface area contributed by atoms with E-state index in [1.165, 1.54) is 0 Å². The van der Waals surface area contributed by atoms with Crippen LogP contribution in [0.25, 0.3) is 0 Å². The zero-order valence-electron chi connectivity index (χ0n) is 11.7. The van der Waals surface area contributed by atoms with Crippen LogP contribution in [0.15, 0.2) is 4.47 Å². The van der Waals surface area contributed by atoms with Gasteiger partial charge >= 0.3 is 0 Å². The molecule has 8 heteroatoms. The van der Waals surface area contributed by atoms with E-state index in [0.717, 1.165) is 22.3 Å². The molecule has 0 spiro atoms. The summed E-state index contributed by atoms with van der Waals surface area (Å²) in [5, 5.41) is 4.47. The van der Waals surface area contributed by atoms with E-state index < -0.39 is 11.8 Å². The molecule has 0 unspecified atom stereocenters. The third-order valence-electron chi connectivity index (χ3n) is 2.83. The van der Waals surface area contributed by atoms with Gasteiger partial charge in [-0.2, -0.15) is 5.10 Å². The molecule has 0 bridgehead atoms. The van der Waals surface area contributed by atoms with Crippen LogP contribution in [0.1, 0.15) is 25.2 Å². The van der Waals surface area contributed by atoms with Crippen LogP contribution in [0.5, 0.6) is 0 Å². The highest BCUT2D eigenvalue weighted by Crippen LogP contribution is 2.23. The Balaban J connectivity index is 2.99. The molecule has 0 atom stereocenters. The number of rotatable bonds is 8. The van der Waals surface area contributed by atoms with Crippen LogP contribution in [0, 0.1) is 0 Å². The summed E-state index contributed by atoms with van der Waals surface area (Å²) in [6, 6.07) is 0. The zero-order valence-corrected chi connectivity index (χ0v) is 13.3. The lowest BCUT2D eigenvalue weighted by molar-refractivity contribution is -0.122. The van der Waals surface area contributed by atoms with Crippen molar-refractivity contribution in [1.82, 2.24) is 14.7 Å². The maximum Gasteiger partial charge on any atom is 0.231 e. The monoisotopic (exact) mass is 345 g/mol. The van der Waals surface area contributed by atoms with Gasteiger partial charge in [0, 0.05) is 13.1 Å². The Morgan fingerprint density at radius 3 is 2.20 bits per heavy atom. The Hall–Kier alpha value is -1.41. The summed E-state index contributed by atoms with van der Waals surface area (Å²) in [6.45, 7) is 5.04. The van der Waals surface area contributed by atoms with Crippen molar-refractivity contribution in [2.24, 2.45) is 11.5 Å². The SMILES string of the molecule is CCc1nn(CC)c(CN(CC(N)=O)CC(N)=O)c1Br. The fourth-order valence-corrected chi connectivity index (χ4v) is 2.68. The number of hydrogen-bond donors (Lipinski definition) is 2. The van der Waals surface area contributed by atoms with Gasteiger partial charge in [0.1, 0.15) is 0 Å². The fourth-order valence-electron chi connectivity index (χ4n) is 1.99. The Kier molecular flexibility index (Phi) is 6.15. The summed E-state index contributed by atoms with van der Waals surface area (Å²) in [5.74, 6) is -0.999. The molecule has 0 saturated carbocycles. The molecule has 1 aromatic heterocycles. The molecule has 0 saturated heterocycles. The van der Waals surface area contributed by atoms with Crippen LogP contribution in [0.3, 0.4) is 0 Å². The standard InChI is InChI=1S/C12H20BrN5O2/c1-3-8-12(13)9(18(4-2)16-8)5-17(6-10(14)19)7-11(15)20/h3-7H2,1-2H3,(H2,14,19)(H2,15,20). The van der Waals surface area contributed by atoms with Crippen LogP contribution < -0.4 is 11.5 Å². The Morgan fingerprint density at radius 2 is 1.80 bits per heavy atom. The molecule has 4 N–H and O–H groups in total. The average Bonchev–Trinajstić information content (AvgIpc) is 2.64. The number of aromatic nitrogens is 2. The molecule has 2 amide bonds. The second kappa shape index (κ2) is 7.39. The minimum Gasteiger partial charge on any atom is -0.369 e. The Labute approximate surface area is 126 Å². The number of aryl methyl sites for hydroxylation is 2. The van der Waals surface area contributed by atoms with E-state index in [-0.39, 0.29) is 13.1 Å². The fraction of sp³-hybridized carbons (Fsp3) is 0.583. The van der Waals surface area contributed by atoms with E-state index in [0.29, 0.717) is 13.1 Å². The summed E-state index contributed by atoms with van der Waals surface area (Å²) in [5.41, 5.74) is 12.2. The number of hydrogen-bond acceptors (Lipinski definition) is 4. The van der Waals surface area contributed by atoms with E-state index >= 15 is 0 Å². The summed E-state index contributed by atoms with van der Waals surface area (Å²) in [6.07, 6.45) is 0.798. The highest BCUT2D eigenvalue weighted by molar-refractivity contribution is 9.10. The van der Waals surface area contributed by atoms with Crippen LogP contribution >= 0.6 is 15.9 Å². The van der Waals surface area contributed by atoms with Crippen molar-refractivity contribution in [1.29, 1.82) is 0 Å². The van der Waals surface area contributed by atoms with Gasteiger partial charge in [-0.3, -0.25) is 19.2 Å². The molecule has 0 aliphatic carbocycles. The lowest BCUT2D eigenvalue weighted by atomic mass is 10.3. The molecule has 20 heavy (non-hydrogen) atoms. The van der Waals surface area contributed by atoms with Crippen LogP contribution in [-0.2, 0) is 29.1 Å². The van der Waals surface area contributed by atoms with E-state index in [4.69, 9.17) is 11.5 Å². The van der Waals surface area contributed by atoms with Crippen LogP contribution in [-0.4, -0.2) is 39.6 Å². The van der Waals surface area contributed by atoms with Crippen LogP contribution in [0.2, 0.25) is 0 Å². The average molecular weight is 346 g/mol. The predicted octanol–water partition coefficient (Wildman–Crippen LogP) is 0.000500. The highest BCUT2D eigenvalue weighted by Gasteiger charge is 2.19. The lowest BCUT2D eigenvalue weighted by Gasteiger charge is -2.19. The molecule has 112 valence electrons. The van der Waals surface area contributed by atoms with Crippen molar-refractivity contribution in [2.75, 3.05) is 13.1 Å². The number of nitrogens with two attached hydrogens (primary N) is 2. The summed E-state index contributed by atoms with van der Waals surface area (Å²) >= 11 is 3.52. The minimum atomic E-state index is -0.499. The Morgan fingerprint density at radius 1 is 1.25 bits per heavy atom. The largest absolute Gasteiger partial charge is 0.369 e. The number of carbonyl (C=O) groups excluding carboxylic acids is 2. The first-order valence-electron chi connectivity index (χ1n) is 6.42. The van der Waals surface area contributed by atoms with Gasteiger partial charge in [0.05, 0.1) is 29.0 Å². The normalized spacial score (nSPS) is 11.0. The molecule has 0 aliphatic rings. The van der Waals surface area contributed by atoms with Gasteiger partial charge < -0.3 is 11.5 Å². The van der Waals surface area contributed by atoms with Crippen molar-refractivity contribution in [3.8, 4) is 0 Å². The van der Waals surface area contributed by atoms with Gasteiger partial charge in [-0.15, -0.1) is 0 Å². The number of carbonyl (C=O) groups is 2. The van der Waals surface area contributed by atoms with Crippen LogP contribution in [0.4, 0.5) is 0 Å². The smallest absolute Gasteiger partial charge is 0.231 e. The molecule has 1 rings (SSSR count). The van der Waals surface area contributed by atoms with Gasteiger partial charge in [0.15, 0.2) is 0 Å². The van der Waals surface area contributed by atoms with E-state index in [9.17, 15) is 9.59 Å². The molecule has 0 fully saturated rings. The first-order valence-corrected chi connectivity index (χ1v) is 7.21. The number of nitrogens with zero attached hydrogens (tertiary/aromatic N) is 3. The second-order valence-electron chi connectivity index (χ2n) is 4.45. The summed E-state index contributed by atoms with van der Waals surface area (Å²) in [7, 11) is 0. The van der Waals surface area contributed by atoms with Gasteiger partial charge in [-0.1, -0.05) is 6.92 Å². The van der Waals surface area contributed by atoms with Crippen molar-refractivity contribution in [3.63, 3.8) is 0 Å². The van der Waals surface area contributed by atoms with Gasteiger partial charge in [0.25, 0.3) is 0 Å². The summed E-state index contributed by atoms with van der Waals surface area (Å²) < 4.78 is 2.75. The van der Waals surface area contributed by atoms with Crippen molar-refractivity contribution in [3.05, 3.63) is 15.9 Å². The quantitative estimate of drug-likeness (QED) is 0.691. The maximum absolute atomic E-state index is 11.1. The third kappa shape index (κ3) is 4.31. The zero-order chi connectivity index (χ0) is 15.3. The third-order valence-corrected chi connectivity index (χ3v) is 3.74. The van der Waals surface area contributed by atoms with Gasteiger partial charge in [-0.25, -0.2) is 0 Å². The molecule has 1 heterocycles. The van der Waals surface area contributed by atoms with E-state index in [2.05, 4.69) is 21.0 Å². The van der Waals surface area contributed by atoms with Gasteiger partial charge in [-0.05, 0) is 29.3 Å². The second-order valence-corrected chi connectivity index (χ2v) is 5.25. The molecule has 7 nitrogen and oxygen atoms in total.